The van der Waals surface area contributed by atoms with Gasteiger partial charge >= 0.3 is 0 Å². The molecule has 0 saturated carbocycles. The lowest BCUT2D eigenvalue weighted by Gasteiger charge is -2.22. The minimum absolute atomic E-state index is 0.0961. The van der Waals surface area contributed by atoms with Crippen LogP contribution < -0.4 is 5.32 Å². The molecular weight excluding hydrogens is 230 g/mol. The van der Waals surface area contributed by atoms with Crippen molar-refractivity contribution < 1.29 is 9.53 Å². The number of carbonyl (C=O) groups excluding carboxylic acids is 1. The average Bonchev–Trinajstić information content (AvgIpc) is 2.45. The van der Waals surface area contributed by atoms with Crippen LogP contribution in [0, 0.1) is 5.92 Å². The van der Waals surface area contributed by atoms with Crippen molar-refractivity contribution in [2.75, 3.05) is 26.3 Å². The number of piperidine rings is 1. The highest BCUT2D eigenvalue weighted by atomic mass is 16.5. The van der Waals surface area contributed by atoms with Crippen molar-refractivity contribution in [3.63, 3.8) is 0 Å². The zero-order valence-electron chi connectivity index (χ0n) is 10.5. The molecule has 5 nitrogen and oxygen atoms in total. The topological polar surface area (TPSA) is 64.1 Å². The number of nitrogens with zero attached hydrogens (tertiary/aromatic N) is 2. The fraction of sp³-hybridized carbons (Fsp3) is 0.615. The van der Waals surface area contributed by atoms with Gasteiger partial charge in [-0.25, -0.2) is 4.98 Å². The monoisotopic (exact) mass is 249 g/mol. The van der Waals surface area contributed by atoms with E-state index in [0.717, 1.165) is 19.5 Å². The van der Waals surface area contributed by atoms with Gasteiger partial charge in [-0.05, 0) is 38.3 Å². The summed E-state index contributed by atoms with van der Waals surface area (Å²) in [5.74, 6) is 0.579. The number of hydrogen-bond donors (Lipinski definition) is 1. The molecule has 2 rings (SSSR count). The molecule has 0 bridgehead atoms. The summed E-state index contributed by atoms with van der Waals surface area (Å²) in [4.78, 5) is 19.5. The lowest BCUT2D eigenvalue weighted by molar-refractivity contribution is 0.0720. The van der Waals surface area contributed by atoms with Gasteiger partial charge < -0.3 is 10.1 Å². The molecule has 1 aliphatic heterocycles. The summed E-state index contributed by atoms with van der Waals surface area (Å²) < 4.78 is 5.41. The van der Waals surface area contributed by atoms with Crippen LogP contribution in [0.2, 0.25) is 0 Å². The molecule has 1 saturated heterocycles. The predicted octanol–water partition coefficient (Wildman–Crippen LogP) is 1.07. The number of aromatic nitrogens is 2. The Balaban J connectivity index is 1.62. The van der Waals surface area contributed by atoms with Crippen molar-refractivity contribution in [3.8, 4) is 0 Å². The Morgan fingerprint density at radius 3 is 3.17 bits per heavy atom. The number of ketones is 1. The number of hydrogen-bond acceptors (Lipinski definition) is 5. The second-order valence-electron chi connectivity index (χ2n) is 4.57. The van der Waals surface area contributed by atoms with Gasteiger partial charge in [0.25, 0.3) is 0 Å². The highest BCUT2D eigenvalue weighted by Gasteiger charge is 2.13. The Morgan fingerprint density at radius 1 is 1.50 bits per heavy atom. The Morgan fingerprint density at radius 2 is 2.44 bits per heavy atom. The van der Waals surface area contributed by atoms with E-state index in [4.69, 9.17) is 4.74 Å². The highest BCUT2D eigenvalue weighted by Crippen LogP contribution is 2.13. The van der Waals surface area contributed by atoms with Gasteiger partial charge in [0.1, 0.15) is 12.3 Å². The largest absolute Gasteiger partial charge is 0.373 e. The molecule has 0 radical (unpaired) electrons. The van der Waals surface area contributed by atoms with Gasteiger partial charge in [0.15, 0.2) is 0 Å². The molecule has 1 N–H and O–H groups in total. The van der Waals surface area contributed by atoms with E-state index in [0.29, 0.717) is 18.2 Å². The van der Waals surface area contributed by atoms with Crippen molar-refractivity contribution in [2.45, 2.75) is 19.3 Å². The third kappa shape index (κ3) is 4.16. The van der Waals surface area contributed by atoms with Crippen LogP contribution >= 0.6 is 0 Å². The molecule has 1 aliphatic rings. The van der Waals surface area contributed by atoms with Crippen LogP contribution in [0.5, 0.6) is 0 Å². The van der Waals surface area contributed by atoms with Crippen LogP contribution in [-0.2, 0) is 4.74 Å². The summed E-state index contributed by atoms with van der Waals surface area (Å²) in [6.07, 6.45) is 8.05. The lowest BCUT2D eigenvalue weighted by Crippen LogP contribution is -2.30. The first-order valence-corrected chi connectivity index (χ1v) is 6.44. The SMILES string of the molecule is O=C(COCC[C@@H]1CCCNC1)c1cnccn1. The quantitative estimate of drug-likeness (QED) is 0.603. The van der Waals surface area contributed by atoms with Gasteiger partial charge in [0.05, 0.1) is 6.20 Å². The molecule has 1 atom stereocenters. The molecule has 1 fully saturated rings. The van der Waals surface area contributed by atoms with Crippen LogP contribution in [-0.4, -0.2) is 42.1 Å². The van der Waals surface area contributed by atoms with Crippen LogP contribution in [0.3, 0.4) is 0 Å². The summed E-state index contributed by atoms with van der Waals surface area (Å²) in [6, 6.07) is 0. The van der Waals surface area contributed by atoms with Crippen molar-refractivity contribution in [1.29, 1.82) is 0 Å². The Bertz CT molecular complexity index is 364. The van der Waals surface area contributed by atoms with Crippen molar-refractivity contribution >= 4 is 5.78 Å². The van der Waals surface area contributed by atoms with Crippen molar-refractivity contribution in [1.82, 2.24) is 15.3 Å². The molecule has 0 aromatic carbocycles. The number of carbonyl (C=O) groups is 1. The molecular formula is C13H19N3O2. The Kier molecular flexibility index (Phi) is 5.23. The van der Waals surface area contributed by atoms with Crippen LogP contribution in [0.1, 0.15) is 29.8 Å². The maximum atomic E-state index is 11.7. The first kappa shape index (κ1) is 13.1. The van der Waals surface area contributed by atoms with E-state index in [-0.39, 0.29) is 12.4 Å². The molecule has 2 heterocycles. The molecule has 1 aromatic rings. The van der Waals surface area contributed by atoms with E-state index in [1.165, 1.54) is 25.2 Å². The number of ether oxygens (including phenoxy) is 1. The molecule has 0 aliphatic carbocycles. The maximum absolute atomic E-state index is 11.7. The fourth-order valence-electron chi connectivity index (χ4n) is 2.10. The van der Waals surface area contributed by atoms with Crippen LogP contribution in [0.15, 0.2) is 18.6 Å². The molecule has 5 heteroatoms. The minimum atomic E-state index is -0.107. The number of Topliss-reactive ketones (excluding diaryl/α,β-unsaturated/α-hetero) is 1. The average molecular weight is 249 g/mol. The molecule has 1 aromatic heterocycles. The van der Waals surface area contributed by atoms with E-state index in [1.54, 1.807) is 6.20 Å². The number of nitrogens with one attached hydrogen (secondary N) is 1. The molecule has 0 amide bonds. The van der Waals surface area contributed by atoms with Gasteiger partial charge in [-0.1, -0.05) is 0 Å². The van der Waals surface area contributed by atoms with Gasteiger partial charge in [-0.2, -0.15) is 0 Å². The first-order valence-electron chi connectivity index (χ1n) is 6.44. The van der Waals surface area contributed by atoms with E-state index in [9.17, 15) is 4.79 Å². The highest BCUT2D eigenvalue weighted by molar-refractivity contribution is 5.94. The van der Waals surface area contributed by atoms with Crippen molar-refractivity contribution in [3.05, 3.63) is 24.3 Å². The summed E-state index contributed by atoms with van der Waals surface area (Å²) in [6.45, 7) is 2.93. The Labute approximate surface area is 107 Å². The molecule has 0 unspecified atom stereocenters. The number of rotatable bonds is 6. The fourth-order valence-corrected chi connectivity index (χ4v) is 2.10. The zero-order chi connectivity index (χ0) is 12.6. The predicted molar refractivity (Wildman–Crippen MR) is 67.4 cm³/mol. The van der Waals surface area contributed by atoms with Gasteiger partial charge in [0.2, 0.25) is 5.78 Å². The van der Waals surface area contributed by atoms with Crippen molar-refractivity contribution in [2.24, 2.45) is 5.92 Å². The summed E-state index contributed by atoms with van der Waals surface area (Å²) >= 11 is 0. The third-order valence-corrected chi connectivity index (χ3v) is 3.15. The summed E-state index contributed by atoms with van der Waals surface area (Å²) in [7, 11) is 0. The normalized spacial score (nSPS) is 19.7. The van der Waals surface area contributed by atoms with E-state index >= 15 is 0 Å². The van der Waals surface area contributed by atoms with Gasteiger partial charge in [0, 0.05) is 19.0 Å². The standard InChI is InChI=1S/C13H19N3O2/c17-13(12-9-15-5-6-16-12)10-18-7-3-11-2-1-4-14-8-11/h5-6,9,11,14H,1-4,7-8,10H2/t11-/m0/s1. The maximum Gasteiger partial charge on any atom is 0.208 e. The molecule has 98 valence electrons. The van der Waals surface area contributed by atoms with E-state index in [2.05, 4.69) is 15.3 Å². The summed E-state index contributed by atoms with van der Waals surface area (Å²) in [5, 5.41) is 3.37. The van der Waals surface area contributed by atoms with E-state index < -0.39 is 0 Å². The van der Waals surface area contributed by atoms with Gasteiger partial charge in [-0.15, -0.1) is 0 Å². The second-order valence-corrected chi connectivity index (χ2v) is 4.57. The van der Waals surface area contributed by atoms with Gasteiger partial charge in [-0.3, -0.25) is 9.78 Å². The second kappa shape index (κ2) is 7.18. The van der Waals surface area contributed by atoms with Crippen LogP contribution in [0.25, 0.3) is 0 Å². The molecule has 0 spiro atoms. The first-order chi connectivity index (χ1) is 8.86. The van der Waals surface area contributed by atoms with E-state index in [1.807, 2.05) is 0 Å². The Hall–Kier alpha value is -1.33. The third-order valence-electron chi connectivity index (χ3n) is 3.15. The summed E-state index contributed by atoms with van der Waals surface area (Å²) in [5.41, 5.74) is 0.372. The van der Waals surface area contributed by atoms with Crippen LogP contribution in [0.4, 0.5) is 0 Å². The lowest BCUT2D eigenvalue weighted by atomic mass is 9.97. The molecule has 18 heavy (non-hydrogen) atoms. The smallest absolute Gasteiger partial charge is 0.208 e. The minimum Gasteiger partial charge on any atom is -0.373 e. The zero-order valence-corrected chi connectivity index (χ0v) is 10.5.